The lowest BCUT2D eigenvalue weighted by atomic mass is 10.2. The summed E-state index contributed by atoms with van der Waals surface area (Å²) in [5, 5.41) is 8.58. The number of nitrogens with zero attached hydrogens (tertiary/aromatic N) is 3. The highest BCUT2D eigenvalue weighted by Gasteiger charge is 2.34. The normalized spacial score (nSPS) is 15.1. The van der Waals surface area contributed by atoms with E-state index >= 15 is 0 Å². The first kappa shape index (κ1) is 13.9. The smallest absolute Gasteiger partial charge is 0.351 e. The third-order valence-electron chi connectivity index (χ3n) is 2.87. The van der Waals surface area contributed by atoms with Crippen molar-refractivity contribution in [2.24, 2.45) is 0 Å². The van der Waals surface area contributed by atoms with Crippen LogP contribution in [0, 0.1) is 11.3 Å². The summed E-state index contributed by atoms with van der Waals surface area (Å²) in [5.74, 6) is 0.326. The molecule has 1 aliphatic carbocycles. The molecule has 0 spiro atoms. The van der Waals surface area contributed by atoms with E-state index in [1.807, 2.05) is 11.0 Å². The van der Waals surface area contributed by atoms with E-state index in [4.69, 9.17) is 16.9 Å². The Bertz CT molecular complexity index is 506. The van der Waals surface area contributed by atoms with Gasteiger partial charge in [0.1, 0.15) is 5.82 Å². The number of pyridine rings is 1. The molecule has 0 aliphatic heterocycles. The van der Waals surface area contributed by atoms with E-state index in [0.29, 0.717) is 12.4 Å². The van der Waals surface area contributed by atoms with Crippen LogP contribution in [0.1, 0.15) is 24.8 Å². The second-order valence-corrected chi connectivity index (χ2v) is 4.77. The van der Waals surface area contributed by atoms with Gasteiger partial charge in [-0.05, 0) is 18.9 Å². The Hall–Kier alpha value is -1.48. The molecule has 0 radical (unpaired) electrons. The average molecular weight is 290 g/mol. The van der Waals surface area contributed by atoms with Crippen LogP contribution in [-0.4, -0.2) is 17.6 Å². The molecule has 3 nitrogen and oxygen atoms in total. The highest BCUT2D eigenvalue weighted by molar-refractivity contribution is 6.33. The van der Waals surface area contributed by atoms with Gasteiger partial charge in [-0.1, -0.05) is 11.6 Å². The second kappa shape index (κ2) is 5.25. The monoisotopic (exact) mass is 289 g/mol. The number of aromatic nitrogens is 1. The van der Waals surface area contributed by atoms with Gasteiger partial charge in [0.25, 0.3) is 0 Å². The van der Waals surface area contributed by atoms with E-state index < -0.39 is 11.7 Å². The molecule has 0 bridgehead atoms. The van der Waals surface area contributed by atoms with E-state index in [1.54, 1.807) is 0 Å². The molecule has 7 heteroatoms. The summed E-state index contributed by atoms with van der Waals surface area (Å²) in [4.78, 5) is 5.63. The summed E-state index contributed by atoms with van der Waals surface area (Å²) in [5.41, 5.74) is -0.864. The predicted octanol–water partition coefficient (Wildman–Crippen LogP) is 3.64. The van der Waals surface area contributed by atoms with Crippen molar-refractivity contribution in [1.82, 2.24) is 4.98 Å². The van der Waals surface area contributed by atoms with Crippen LogP contribution in [0.25, 0.3) is 0 Å². The number of alkyl halides is 3. The SMILES string of the molecule is N#CCCN(c1ncc(C(F)(F)F)cc1Cl)C1CC1. The quantitative estimate of drug-likeness (QED) is 0.849. The molecule has 102 valence electrons. The Balaban J connectivity index is 2.26. The molecule has 0 N–H and O–H groups in total. The van der Waals surface area contributed by atoms with Crippen molar-refractivity contribution in [2.75, 3.05) is 11.4 Å². The van der Waals surface area contributed by atoms with Crippen LogP contribution in [0.2, 0.25) is 5.02 Å². The van der Waals surface area contributed by atoms with Crippen molar-refractivity contribution in [2.45, 2.75) is 31.5 Å². The molecule has 1 aromatic heterocycles. The molecular formula is C12H11ClF3N3. The van der Waals surface area contributed by atoms with Crippen molar-refractivity contribution in [3.05, 3.63) is 22.8 Å². The Morgan fingerprint density at radius 2 is 2.16 bits per heavy atom. The summed E-state index contributed by atoms with van der Waals surface area (Å²) in [7, 11) is 0. The Morgan fingerprint density at radius 3 is 2.63 bits per heavy atom. The number of hydrogen-bond acceptors (Lipinski definition) is 3. The number of halogens is 4. The summed E-state index contributed by atoms with van der Waals surface area (Å²) in [6.45, 7) is 0.430. The lowest BCUT2D eigenvalue weighted by Crippen LogP contribution is -2.28. The molecule has 1 saturated carbocycles. The molecule has 1 fully saturated rings. The van der Waals surface area contributed by atoms with E-state index in [0.717, 1.165) is 25.1 Å². The van der Waals surface area contributed by atoms with E-state index in [-0.39, 0.29) is 17.5 Å². The molecule has 0 unspecified atom stereocenters. The van der Waals surface area contributed by atoms with Crippen LogP contribution in [0.5, 0.6) is 0 Å². The van der Waals surface area contributed by atoms with Crippen molar-refractivity contribution in [3.63, 3.8) is 0 Å². The zero-order valence-corrected chi connectivity index (χ0v) is 10.7. The molecule has 19 heavy (non-hydrogen) atoms. The maximum Gasteiger partial charge on any atom is 0.417 e. The minimum Gasteiger partial charge on any atom is -0.351 e. The molecule has 1 aromatic rings. The molecule has 0 amide bonds. The largest absolute Gasteiger partial charge is 0.417 e. The highest BCUT2D eigenvalue weighted by atomic mass is 35.5. The average Bonchev–Trinajstić information content (AvgIpc) is 3.14. The van der Waals surface area contributed by atoms with Crippen molar-refractivity contribution < 1.29 is 13.2 Å². The van der Waals surface area contributed by atoms with Crippen LogP contribution < -0.4 is 4.90 Å². The third kappa shape index (κ3) is 3.29. The lowest BCUT2D eigenvalue weighted by Gasteiger charge is -2.23. The summed E-state index contributed by atoms with van der Waals surface area (Å²) < 4.78 is 37.6. The number of nitriles is 1. The highest BCUT2D eigenvalue weighted by Crippen LogP contribution is 2.37. The standard InChI is InChI=1S/C12H11ClF3N3/c13-10-6-8(12(14,15)16)7-18-11(10)19(5-1-4-17)9-2-3-9/h6-7,9H,1-3,5H2. The minimum absolute atomic E-state index is 0.0281. The van der Waals surface area contributed by atoms with Crippen LogP contribution in [-0.2, 0) is 6.18 Å². The van der Waals surface area contributed by atoms with Crippen LogP contribution in [0.3, 0.4) is 0 Å². The maximum absolute atomic E-state index is 12.5. The zero-order valence-electron chi connectivity index (χ0n) is 9.91. The topological polar surface area (TPSA) is 39.9 Å². The van der Waals surface area contributed by atoms with Gasteiger partial charge in [-0.3, -0.25) is 0 Å². The number of rotatable bonds is 4. The fraction of sp³-hybridized carbons (Fsp3) is 0.500. The van der Waals surface area contributed by atoms with Gasteiger partial charge in [0.05, 0.1) is 23.1 Å². The summed E-state index contributed by atoms with van der Waals surface area (Å²) in [6.07, 6.45) is -1.49. The van der Waals surface area contributed by atoms with E-state index in [2.05, 4.69) is 4.98 Å². The fourth-order valence-electron chi connectivity index (χ4n) is 1.82. The first-order valence-electron chi connectivity index (χ1n) is 5.80. The third-order valence-corrected chi connectivity index (χ3v) is 3.15. The molecule has 0 atom stereocenters. The summed E-state index contributed by atoms with van der Waals surface area (Å²) in [6, 6.07) is 3.13. The summed E-state index contributed by atoms with van der Waals surface area (Å²) >= 11 is 5.89. The molecule has 0 saturated heterocycles. The molecule has 2 rings (SSSR count). The van der Waals surface area contributed by atoms with Gasteiger partial charge < -0.3 is 4.90 Å². The maximum atomic E-state index is 12.5. The second-order valence-electron chi connectivity index (χ2n) is 4.36. The molecular weight excluding hydrogens is 279 g/mol. The van der Waals surface area contributed by atoms with Gasteiger partial charge in [-0.15, -0.1) is 0 Å². The van der Waals surface area contributed by atoms with Gasteiger partial charge in [-0.2, -0.15) is 18.4 Å². The fourth-order valence-corrected chi connectivity index (χ4v) is 2.09. The molecule has 1 aliphatic rings. The lowest BCUT2D eigenvalue weighted by molar-refractivity contribution is -0.137. The first-order valence-corrected chi connectivity index (χ1v) is 6.17. The van der Waals surface area contributed by atoms with Crippen LogP contribution in [0.15, 0.2) is 12.3 Å². The van der Waals surface area contributed by atoms with Gasteiger partial charge in [0.2, 0.25) is 0 Å². The van der Waals surface area contributed by atoms with Gasteiger partial charge in [0.15, 0.2) is 0 Å². The van der Waals surface area contributed by atoms with Gasteiger partial charge in [0, 0.05) is 18.8 Å². The van der Waals surface area contributed by atoms with Crippen molar-refractivity contribution in [1.29, 1.82) is 5.26 Å². The van der Waals surface area contributed by atoms with Gasteiger partial charge in [-0.25, -0.2) is 4.98 Å². The van der Waals surface area contributed by atoms with E-state index in [9.17, 15) is 13.2 Å². The predicted molar refractivity (Wildman–Crippen MR) is 64.8 cm³/mol. The minimum atomic E-state index is -4.45. The molecule has 1 heterocycles. The number of anilines is 1. The Kier molecular flexibility index (Phi) is 3.85. The number of hydrogen-bond donors (Lipinski definition) is 0. The van der Waals surface area contributed by atoms with Crippen molar-refractivity contribution in [3.8, 4) is 6.07 Å². The Labute approximate surface area is 113 Å². The molecule has 0 aromatic carbocycles. The van der Waals surface area contributed by atoms with Gasteiger partial charge >= 0.3 is 6.18 Å². The van der Waals surface area contributed by atoms with Crippen LogP contribution in [0.4, 0.5) is 19.0 Å². The zero-order chi connectivity index (χ0) is 14.0. The Morgan fingerprint density at radius 1 is 1.47 bits per heavy atom. The van der Waals surface area contributed by atoms with E-state index in [1.165, 1.54) is 0 Å². The first-order chi connectivity index (χ1) is 8.93. The van der Waals surface area contributed by atoms with Crippen LogP contribution >= 0.6 is 11.6 Å². The van der Waals surface area contributed by atoms with Crippen molar-refractivity contribution >= 4 is 17.4 Å².